The minimum absolute atomic E-state index is 0.0245. The van der Waals surface area contributed by atoms with Crippen LogP contribution < -0.4 is 9.64 Å². The Morgan fingerprint density at radius 3 is 3.06 bits per heavy atom. The smallest absolute Gasteiger partial charge is 0.241 e. The zero-order valence-corrected chi connectivity index (χ0v) is 9.96. The maximum absolute atomic E-state index is 11.7. The molecule has 0 atom stereocenters. The number of halogens is 1. The third kappa shape index (κ3) is 1.87. The van der Waals surface area contributed by atoms with E-state index in [9.17, 15) is 4.79 Å². The minimum Gasteiger partial charge on any atom is -0.496 e. The highest BCUT2D eigenvalue weighted by molar-refractivity contribution is 6.29. The molecule has 0 aliphatic carbocycles. The molecule has 1 aliphatic rings. The molecule has 1 aliphatic heterocycles. The van der Waals surface area contributed by atoms with E-state index in [4.69, 9.17) is 16.3 Å². The van der Waals surface area contributed by atoms with Gasteiger partial charge in [-0.1, -0.05) is 6.07 Å². The second-order valence-electron chi connectivity index (χ2n) is 3.74. The lowest BCUT2D eigenvalue weighted by molar-refractivity contribution is -0.116. The molecule has 1 aromatic rings. The monoisotopic (exact) mass is 239 g/mol. The number of benzene rings is 1. The largest absolute Gasteiger partial charge is 0.496 e. The van der Waals surface area contributed by atoms with Crippen molar-refractivity contribution in [2.75, 3.05) is 24.4 Å². The van der Waals surface area contributed by atoms with Crippen molar-refractivity contribution in [1.82, 2.24) is 0 Å². The summed E-state index contributed by atoms with van der Waals surface area (Å²) < 4.78 is 5.30. The maximum atomic E-state index is 11.7. The van der Waals surface area contributed by atoms with Gasteiger partial charge in [-0.25, -0.2) is 0 Å². The van der Waals surface area contributed by atoms with Crippen molar-refractivity contribution >= 4 is 23.2 Å². The second kappa shape index (κ2) is 4.74. The van der Waals surface area contributed by atoms with E-state index < -0.39 is 0 Å². The molecule has 4 heteroatoms. The molecule has 1 amide bonds. The number of alkyl halides is 1. The average Bonchev–Trinajstić information content (AvgIpc) is 2.36. The molecule has 0 radical (unpaired) electrons. The summed E-state index contributed by atoms with van der Waals surface area (Å²) in [6.45, 7) is 0.742. The van der Waals surface area contributed by atoms with Gasteiger partial charge in [0.05, 0.1) is 12.8 Å². The Morgan fingerprint density at radius 2 is 2.38 bits per heavy atom. The molecule has 2 rings (SSSR count). The lowest BCUT2D eigenvalue weighted by Gasteiger charge is -2.29. The Labute approximate surface area is 100.0 Å². The van der Waals surface area contributed by atoms with Crippen molar-refractivity contribution < 1.29 is 9.53 Å². The van der Waals surface area contributed by atoms with Crippen molar-refractivity contribution in [3.63, 3.8) is 0 Å². The molecule has 0 saturated carbocycles. The average molecular weight is 240 g/mol. The van der Waals surface area contributed by atoms with Gasteiger partial charge in [0.2, 0.25) is 5.91 Å². The van der Waals surface area contributed by atoms with Gasteiger partial charge in [-0.15, -0.1) is 11.6 Å². The van der Waals surface area contributed by atoms with Crippen LogP contribution in [0.1, 0.15) is 12.0 Å². The molecular weight excluding hydrogens is 226 g/mol. The summed E-state index contributed by atoms with van der Waals surface area (Å²) >= 11 is 5.60. The summed E-state index contributed by atoms with van der Waals surface area (Å²) in [6, 6.07) is 5.77. The van der Waals surface area contributed by atoms with Crippen molar-refractivity contribution in [3.05, 3.63) is 23.8 Å². The zero-order valence-electron chi connectivity index (χ0n) is 9.20. The van der Waals surface area contributed by atoms with Crippen molar-refractivity contribution in [3.8, 4) is 5.75 Å². The van der Waals surface area contributed by atoms with Gasteiger partial charge >= 0.3 is 0 Å². The third-order valence-corrected chi connectivity index (χ3v) is 3.07. The first-order valence-electron chi connectivity index (χ1n) is 5.30. The molecule has 86 valence electrons. The summed E-state index contributed by atoms with van der Waals surface area (Å²) in [5.74, 6) is 0.830. The Morgan fingerprint density at radius 1 is 1.56 bits per heavy atom. The number of methoxy groups -OCH3 is 1. The first-order chi connectivity index (χ1) is 7.77. The fraction of sp³-hybridized carbons (Fsp3) is 0.417. The number of rotatable bonds is 2. The highest BCUT2D eigenvalue weighted by Crippen LogP contribution is 2.34. The Balaban J connectivity index is 2.43. The van der Waals surface area contributed by atoms with E-state index in [2.05, 4.69) is 0 Å². The van der Waals surface area contributed by atoms with Gasteiger partial charge in [0.25, 0.3) is 0 Å². The van der Waals surface area contributed by atoms with E-state index in [1.807, 2.05) is 18.2 Å². The van der Waals surface area contributed by atoms with E-state index in [0.717, 1.165) is 36.4 Å². The molecule has 1 aromatic carbocycles. The van der Waals surface area contributed by atoms with Crippen LogP contribution in [0.4, 0.5) is 5.69 Å². The van der Waals surface area contributed by atoms with Gasteiger partial charge in [-0.3, -0.25) is 4.79 Å². The molecule has 0 bridgehead atoms. The fourth-order valence-corrected chi connectivity index (χ4v) is 2.26. The Hall–Kier alpha value is -1.22. The van der Waals surface area contributed by atoms with E-state index in [1.165, 1.54) is 0 Å². The number of hydrogen-bond donors (Lipinski definition) is 0. The normalized spacial score (nSPS) is 14.5. The quantitative estimate of drug-likeness (QED) is 0.741. The third-order valence-electron chi connectivity index (χ3n) is 2.84. The first kappa shape index (κ1) is 11.3. The van der Waals surface area contributed by atoms with E-state index >= 15 is 0 Å². The van der Waals surface area contributed by atoms with Gasteiger partial charge in [0.1, 0.15) is 11.6 Å². The minimum atomic E-state index is -0.0455. The fourth-order valence-electron chi connectivity index (χ4n) is 2.12. The number of nitrogens with zero attached hydrogens (tertiary/aromatic N) is 1. The topological polar surface area (TPSA) is 29.5 Å². The van der Waals surface area contributed by atoms with Crippen LogP contribution in [0.25, 0.3) is 0 Å². The molecule has 3 nitrogen and oxygen atoms in total. The van der Waals surface area contributed by atoms with Crippen LogP contribution in [0.3, 0.4) is 0 Å². The summed E-state index contributed by atoms with van der Waals surface area (Å²) in [5.41, 5.74) is 2.05. The van der Waals surface area contributed by atoms with Gasteiger partial charge in [-0.05, 0) is 25.0 Å². The van der Waals surface area contributed by atoms with Crippen LogP contribution in [0.15, 0.2) is 18.2 Å². The molecule has 16 heavy (non-hydrogen) atoms. The summed E-state index contributed by atoms with van der Waals surface area (Å²) in [5, 5.41) is 0. The van der Waals surface area contributed by atoms with Crippen molar-refractivity contribution in [2.45, 2.75) is 12.8 Å². The van der Waals surface area contributed by atoms with Gasteiger partial charge in [0.15, 0.2) is 0 Å². The lowest BCUT2D eigenvalue weighted by Crippen LogP contribution is -2.36. The molecule has 0 unspecified atom stereocenters. The molecule has 0 saturated heterocycles. The van der Waals surface area contributed by atoms with Crippen LogP contribution in [-0.4, -0.2) is 25.4 Å². The summed E-state index contributed by atoms with van der Waals surface area (Å²) in [6.07, 6.45) is 1.90. The van der Waals surface area contributed by atoms with E-state index in [-0.39, 0.29) is 11.8 Å². The van der Waals surface area contributed by atoms with Crippen molar-refractivity contribution in [2.24, 2.45) is 0 Å². The van der Waals surface area contributed by atoms with Crippen LogP contribution in [0.5, 0.6) is 5.75 Å². The molecule has 0 aromatic heterocycles. The first-order valence-corrected chi connectivity index (χ1v) is 5.83. The van der Waals surface area contributed by atoms with E-state index in [1.54, 1.807) is 12.0 Å². The predicted octanol–water partition coefficient (Wildman–Crippen LogP) is 2.21. The highest BCUT2D eigenvalue weighted by Gasteiger charge is 2.23. The number of ether oxygens (including phenoxy) is 1. The standard InChI is InChI=1S/C12H14ClNO2/c1-16-11-6-2-5-10-9(11)4-3-7-14(10)12(15)8-13/h2,5-6H,3-4,7-8H2,1H3. The number of anilines is 1. The second-order valence-corrected chi connectivity index (χ2v) is 4.01. The molecule has 1 heterocycles. The summed E-state index contributed by atoms with van der Waals surface area (Å²) in [7, 11) is 1.65. The van der Waals surface area contributed by atoms with Crippen LogP contribution in [-0.2, 0) is 11.2 Å². The number of hydrogen-bond acceptors (Lipinski definition) is 2. The number of carbonyl (C=O) groups excluding carboxylic acids is 1. The van der Waals surface area contributed by atoms with Crippen molar-refractivity contribution in [1.29, 1.82) is 0 Å². The number of fused-ring (bicyclic) bond motifs is 1. The summed E-state index contributed by atoms with van der Waals surface area (Å²) in [4.78, 5) is 13.4. The maximum Gasteiger partial charge on any atom is 0.241 e. The lowest BCUT2D eigenvalue weighted by atomic mass is 10.0. The Bertz CT molecular complexity index is 406. The molecule has 0 fully saturated rings. The molecular formula is C12H14ClNO2. The number of amides is 1. The van der Waals surface area contributed by atoms with Crippen LogP contribution >= 0.6 is 11.6 Å². The molecule has 0 N–H and O–H groups in total. The van der Waals surface area contributed by atoms with E-state index in [0.29, 0.717) is 0 Å². The Kier molecular flexibility index (Phi) is 3.34. The van der Waals surface area contributed by atoms with Gasteiger partial charge in [0, 0.05) is 12.1 Å². The predicted molar refractivity (Wildman–Crippen MR) is 64.4 cm³/mol. The van der Waals surface area contributed by atoms with Gasteiger partial charge in [-0.2, -0.15) is 0 Å². The van der Waals surface area contributed by atoms with Crippen LogP contribution in [0, 0.1) is 0 Å². The zero-order chi connectivity index (χ0) is 11.5. The molecule has 0 spiro atoms. The van der Waals surface area contributed by atoms with Gasteiger partial charge < -0.3 is 9.64 Å². The SMILES string of the molecule is COc1cccc2c1CCCN2C(=O)CCl. The number of carbonyl (C=O) groups is 1. The van der Waals surface area contributed by atoms with Crippen LogP contribution in [0.2, 0.25) is 0 Å². The highest BCUT2D eigenvalue weighted by atomic mass is 35.5.